The molecule has 1 aromatic carbocycles. The van der Waals surface area contributed by atoms with Crippen LogP contribution in [0.5, 0.6) is 5.75 Å². The summed E-state index contributed by atoms with van der Waals surface area (Å²) in [5, 5.41) is 7.46. The lowest BCUT2D eigenvalue weighted by Crippen LogP contribution is -3.23. The van der Waals surface area contributed by atoms with E-state index in [1.165, 1.54) is 32.1 Å². The molecule has 0 amide bonds. The third-order valence-corrected chi connectivity index (χ3v) is 5.82. The van der Waals surface area contributed by atoms with Gasteiger partial charge in [-0.1, -0.05) is 12.5 Å². The molecule has 0 unspecified atom stereocenters. The second-order valence-electron chi connectivity index (χ2n) is 7.10. The molecule has 25 heavy (non-hydrogen) atoms. The standard InChI is InChI=1S/C19H29N3O2S/c1-23-17-7-5-6-16(14-17)21-18(25)20-15-19(8-3-2-4-9-19)22-10-12-24-13-11-22/h5-7,14H,2-4,8-13,15H2,1H3,(H2,20,21,25)/p+1. The van der Waals surface area contributed by atoms with Gasteiger partial charge in [-0.15, -0.1) is 0 Å². The number of anilines is 1. The monoisotopic (exact) mass is 364 g/mol. The van der Waals surface area contributed by atoms with E-state index in [2.05, 4.69) is 10.6 Å². The van der Waals surface area contributed by atoms with E-state index >= 15 is 0 Å². The molecule has 1 aliphatic carbocycles. The second kappa shape index (κ2) is 8.83. The largest absolute Gasteiger partial charge is 0.497 e. The van der Waals surface area contributed by atoms with Crippen LogP contribution in [0.4, 0.5) is 5.69 Å². The minimum absolute atomic E-state index is 0.294. The summed E-state index contributed by atoms with van der Waals surface area (Å²) in [4.78, 5) is 1.69. The number of nitrogens with one attached hydrogen (secondary N) is 3. The Bertz CT molecular complexity index is 570. The second-order valence-corrected chi connectivity index (χ2v) is 7.50. The quantitative estimate of drug-likeness (QED) is 0.693. The highest BCUT2D eigenvalue weighted by molar-refractivity contribution is 7.80. The molecule has 5 nitrogen and oxygen atoms in total. The van der Waals surface area contributed by atoms with Gasteiger partial charge in [-0.3, -0.25) is 0 Å². The van der Waals surface area contributed by atoms with E-state index in [-0.39, 0.29) is 0 Å². The Hall–Kier alpha value is -1.37. The van der Waals surface area contributed by atoms with Gasteiger partial charge in [0.2, 0.25) is 0 Å². The molecule has 0 bridgehead atoms. The lowest BCUT2D eigenvalue weighted by Gasteiger charge is -2.45. The Labute approximate surface area is 156 Å². The fourth-order valence-electron chi connectivity index (χ4n) is 4.16. The van der Waals surface area contributed by atoms with Gasteiger partial charge in [0.05, 0.1) is 26.9 Å². The van der Waals surface area contributed by atoms with Crippen molar-refractivity contribution in [3.05, 3.63) is 24.3 Å². The van der Waals surface area contributed by atoms with Crippen LogP contribution in [-0.4, -0.2) is 50.6 Å². The molecule has 1 aliphatic heterocycles. The number of thiocarbonyl (C=S) groups is 1. The number of rotatable bonds is 5. The normalized spacial score (nSPS) is 20.7. The molecule has 0 atom stereocenters. The van der Waals surface area contributed by atoms with Crippen LogP contribution in [0, 0.1) is 0 Å². The van der Waals surface area contributed by atoms with Gasteiger partial charge in [0, 0.05) is 24.6 Å². The summed E-state index contributed by atoms with van der Waals surface area (Å²) in [6.45, 7) is 4.90. The van der Waals surface area contributed by atoms with Crippen molar-refractivity contribution in [2.45, 2.75) is 37.6 Å². The van der Waals surface area contributed by atoms with Gasteiger partial charge in [0.15, 0.2) is 5.11 Å². The Morgan fingerprint density at radius 3 is 2.72 bits per heavy atom. The minimum Gasteiger partial charge on any atom is -0.497 e. The fraction of sp³-hybridized carbons (Fsp3) is 0.632. The molecule has 1 saturated heterocycles. The lowest BCUT2D eigenvalue weighted by molar-refractivity contribution is -0.960. The number of morpholine rings is 1. The molecular formula is C19H30N3O2S+. The van der Waals surface area contributed by atoms with Crippen molar-refractivity contribution in [1.82, 2.24) is 5.32 Å². The molecule has 0 radical (unpaired) electrons. The van der Waals surface area contributed by atoms with E-state index in [4.69, 9.17) is 21.7 Å². The van der Waals surface area contributed by atoms with Crippen molar-refractivity contribution in [3.8, 4) is 5.75 Å². The summed E-state index contributed by atoms with van der Waals surface area (Å²) in [5.74, 6) is 0.828. The topological polar surface area (TPSA) is 47.0 Å². The number of methoxy groups -OCH3 is 1. The van der Waals surface area contributed by atoms with E-state index in [1.807, 2.05) is 24.3 Å². The summed E-state index contributed by atoms with van der Waals surface area (Å²) >= 11 is 5.54. The summed E-state index contributed by atoms with van der Waals surface area (Å²) in [5.41, 5.74) is 1.25. The predicted octanol–water partition coefficient (Wildman–Crippen LogP) is 1.60. The maximum Gasteiger partial charge on any atom is 0.171 e. The first-order chi connectivity index (χ1) is 12.2. The molecule has 0 spiro atoms. The van der Waals surface area contributed by atoms with Gasteiger partial charge in [0.1, 0.15) is 24.4 Å². The number of hydrogen-bond acceptors (Lipinski definition) is 3. The van der Waals surface area contributed by atoms with Gasteiger partial charge in [0.25, 0.3) is 0 Å². The van der Waals surface area contributed by atoms with Gasteiger partial charge in [-0.25, -0.2) is 0 Å². The van der Waals surface area contributed by atoms with Gasteiger partial charge in [-0.2, -0.15) is 0 Å². The van der Waals surface area contributed by atoms with Crippen molar-refractivity contribution in [1.29, 1.82) is 0 Å². The molecule has 6 heteroatoms. The van der Waals surface area contributed by atoms with Crippen molar-refractivity contribution in [3.63, 3.8) is 0 Å². The Morgan fingerprint density at radius 2 is 2.00 bits per heavy atom. The average molecular weight is 365 g/mol. The van der Waals surface area contributed by atoms with E-state index in [1.54, 1.807) is 12.0 Å². The average Bonchev–Trinajstić information content (AvgIpc) is 2.68. The van der Waals surface area contributed by atoms with E-state index < -0.39 is 0 Å². The third kappa shape index (κ3) is 4.84. The first-order valence-electron chi connectivity index (χ1n) is 9.34. The summed E-state index contributed by atoms with van der Waals surface area (Å²) in [6, 6.07) is 7.85. The van der Waals surface area contributed by atoms with Crippen LogP contribution in [0.3, 0.4) is 0 Å². The molecule has 1 saturated carbocycles. The Morgan fingerprint density at radius 1 is 1.24 bits per heavy atom. The van der Waals surface area contributed by atoms with Crippen molar-refractivity contribution in [2.75, 3.05) is 45.3 Å². The summed E-state index contributed by atoms with van der Waals surface area (Å²) in [6.07, 6.45) is 6.55. The number of ether oxygens (including phenoxy) is 2. The molecule has 1 heterocycles. The molecule has 2 fully saturated rings. The summed E-state index contributed by atoms with van der Waals surface area (Å²) < 4.78 is 10.8. The Kier molecular flexibility index (Phi) is 6.51. The maximum absolute atomic E-state index is 5.57. The Balaban J connectivity index is 1.59. The molecule has 0 aromatic heterocycles. The van der Waals surface area contributed by atoms with Crippen molar-refractivity contribution < 1.29 is 14.4 Å². The van der Waals surface area contributed by atoms with E-state index in [0.717, 1.165) is 44.3 Å². The van der Waals surface area contributed by atoms with Crippen LogP contribution in [0.2, 0.25) is 0 Å². The molecule has 2 aliphatic rings. The maximum atomic E-state index is 5.57. The highest BCUT2D eigenvalue weighted by Crippen LogP contribution is 2.25. The zero-order valence-corrected chi connectivity index (χ0v) is 15.9. The van der Waals surface area contributed by atoms with Crippen LogP contribution in [0.15, 0.2) is 24.3 Å². The fourth-order valence-corrected chi connectivity index (χ4v) is 4.35. The van der Waals surface area contributed by atoms with E-state index in [9.17, 15) is 0 Å². The SMILES string of the molecule is COc1cccc(NC(=S)NCC2([NH+]3CCOCC3)CCCCC2)c1. The van der Waals surface area contributed by atoms with Crippen LogP contribution in [0.25, 0.3) is 0 Å². The molecule has 138 valence electrons. The van der Waals surface area contributed by atoms with E-state index in [0.29, 0.717) is 10.7 Å². The van der Waals surface area contributed by atoms with Crippen molar-refractivity contribution in [2.24, 2.45) is 0 Å². The van der Waals surface area contributed by atoms with Crippen molar-refractivity contribution >= 4 is 23.0 Å². The molecule has 1 aromatic rings. The van der Waals surface area contributed by atoms with Crippen LogP contribution in [0.1, 0.15) is 32.1 Å². The van der Waals surface area contributed by atoms with Crippen LogP contribution in [-0.2, 0) is 4.74 Å². The highest BCUT2D eigenvalue weighted by atomic mass is 32.1. The van der Waals surface area contributed by atoms with Gasteiger partial charge >= 0.3 is 0 Å². The molecular weight excluding hydrogens is 334 g/mol. The van der Waals surface area contributed by atoms with Crippen LogP contribution >= 0.6 is 12.2 Å². The highest BCUT2D eigenvalue weighted by Gasteiger charge is 2.42. The third-order valence-electron chi connectivity index (χ3n) is 5.57. The smallest absolute Gasteiger partial charge is 0.171 e. The zero-order valence-electron chi connectivity index (χ0n) is 15.1. The first kappa shape index (κ1) is 18.4. The predicted molar refractivity (Wildman–Crippen MR) is 105 cm³/mol. The van der Waals surface area contributed by atoms with Crippen LogP contribution < -0.4 is 20.3 Å². The number of hydrogen-bond donors (Lipinski definition) is 3. The molecule has 3 rings (SSSR count). The minimum atomic E-state index is 0.294. The van der Waals surface area contributed by atoms with Gasteiger partial charge < -0.3 is 25.0 Å². The molecule has 3 N–H and O–H groups in total. The summed E-state index contributed by atoms with van der Waals surface area (Å²) in [7, 11) is 1.67. The van der Waals surface area contributed by atoms with Gasteiger partial charge in [-0.05, 0) is 37.2 Å². The lowest BCUT2D eigenvalue weighted by atomic mass is 9.80. The number of benzene rings is 1. The number of quaternary nitrogens is 1. The first-order valence-corrected chi connectivity index (χ1v) is 9.74. The zero-order chi connectivity index (χ0) is 17.5.